The maximum atomic E-state index is 12.8. The minimum Gasteiger partial charge on any atom is -0.497 e. The first-order valence-electron chi connectivity index (χ1n) is 9.32. The maximum Gasteiger partial charge on any atom is 0.251 e. The molecule has 0 radical (unpaired) electrons. The molecule has 0 aromatic heterocycles. The van der Waals surface area contributed by atoms with Crippen LogP contribution in [0.5, 0.6) is 17.2 Å². The fourth-order valence-corrected chi connectivity index (χ4v) is 3.25. The van der Waals surface area contributed by atoms with Crippen molar-refractivity contribution in [2.75, 3.05) is 13.7 Å². The molecule has 0 fully saturated rings. The highest BCUT2D eigenvalue weighted by Gasteiger charge is 2.35. The lowest BCUT2D eigenvalue weighted by atomic mass is 9.89. The van der Waals surface area contributed by atoms with Crippen molar-refractivity contribution in [2.24, 2.45) is 0 Å². The van der Waals surface area contributed by atoms with Crippen LogP contribution in [0.25, 0.3) is 0 Å². The Kier molecular flexibility index (Phi) is 5.59. The molecule has 5 heteroatoms. The van der Waals surface area contributed by atoms with E-state index in [1.165, 1.54) is 0 Å². The van der Waals surface area contributed by atoms with Crippen molar-refractivity contribution in [1.29, 1.82) is 0 Å². The van der Waals surface area contributed by atoms with Gasteiger partial charge in [0.25, 0.3) is 5.91 Å². The van der Waals surface area contributed by atoms with Crippen molar-refractivity contribution in [3.8, 4) is 17.2 Å². The third kappa shape index (κ3) is 4.54. The zero-order chi connectivity index (χ0) is 19.4. The summed E-state index contributed by atoms with van der Waals surface area (Å²) in [4.78, 5) is 12.8. The summed E-state index contributed by atoms with van der Waals surface area (Å²) >= 11 is 0. The summed E-state index contributed by atoms with van der Waals surface area (Å²) in [6.07, 6.45) is 1.64. The number of fused-ring (bicyclic) bond motifs is 1. The zero-order valence-corrected chi connectivity index (χ0v) is 16.4. The number of carbonyl (C=O) groups excluding carboxylic acids is 1. The molecule has 1 atom stereocenters. The van der Waals surface area contributed by atoms with Gasteiger partial charge in [-0.15, -0.1) is 0 Å². The van der Waals surface area contributed by atoms with Crippen molar-refractivity contribution >= 4 is 5.91 Å². The zero-order valence-electron chi connectivity index (χ0n) is 16.4. The predicted octanol–water partition coefficient (Wildman–Crippen LogP) is 4.52. The second-order valence-corrected chi connectivity index (χ2v) is 7.37. The van der Waals surface area contributed by atoms with E-state index >= 15 is 0 Å². The molecule has 5 nitrogen and oxygen atoms in total. The molecule has 1 aliphatic heterocycles. The Morgan fingerprint density at radius 2 is 1.89 bits per heavy atom. The monoisotopic (exact) mass is 369 g/mol. The molecule has 1 N–H and O–H groups in total. The van der Waals surface area contributed by atoms with Gasteiger partial charge in [0, 0.05) is 23.6 Å². The highest BCUT2D eigenvalue weighted by atomic mass is 16.5. The molecule has 2 aromatic carbocycles. The van der Waals surface area contributed by atoms with Crippen molar-refractivity contribution in [2.45, 2.75) is 45.3 Å². The second kappa shape index (κ2) is 7.91. The van der Waals surface area contributed by atoms with Crippen LogP contribution in [0.4, 0.5) is 0 Å². The summed E-state index contributed by atoms with van der Waals surface area (Å²) in [7, 11) is 1.63. The molecule has 0 aliphatic carbocycles. The van der Waals surface area contributed by atoms with Crippen molar-refractivity contribution < 1.29 is 19.0 Å². The molecule has 144 valence electrons. The summed E-state index contributed by atoms with van der Waals surface area (Å²) in [5.41, 5.74) is 1.19. The van der Waals surface area contributed by atoms with Crippen LogP contribution in [0.2, 0.25) is 0 Å². The summed E-state index contributed by atoms with van der Waals surface area (Å²) in [6.45, 7) is 6.77. The average Bonchev–Trinajstić information content (AvgIpc) is 2.65. The molecule has 0 bridgehead atoms. The highest BCUT2D eigenvalue weighted by molar-refractivity contribution is 5.94. The van der Waals surface area contributed by atoms with Crippen molar-refractivity contribution in [3.63, 3.8) is 0 Å². The summed E-state index contributed by atoms with van der Waals surface area (Å²) < 4.78 is 17.0. The number of benzene rings is 2. The van der Waals surface area contributed by atoms with Gasteiger partial charge in [-0.3, -0.25) is 4.79 Å². The van der Waals surface area contributed by atoms with Crippen LogP contribution in [0, 0.1) is 0 Å². The number of rotatable bonds is 6. The Balaban J connectivity index is 1.77. The minimum atomic E-state index is -0.380. The van der Waals surface area contributed by atoms with Gasteiger partial charge in [0.1, 0.15) is 22.8 Å². The summed E-state index contributed by atoms with van der Waals surface area (Å²) in [5, 5.41) is 3.15. The third-order valence-corrected chi connectivity index (χ3v) is 4.57. The van der Waals surface area contributed by atoms with E-state index in [4.69, 9.17) is 14.2 Å². The minimum absolute atomic E-state index is 0.110. The Hall–Kier alpha value is -2.69. The predicted molar refractivity (Wildman–Crippen MR) is 105 cm³/mol. The smallest absolute Gasteiger partial charge is 0.251 e. The van der Waals surface area contributed by atoms with Crippen LogP contribution < -0.4 is 19.5 Å². The van der Waals surface area contributed by atoms with Gasteiger partial charge in [-0.25, -0.2) is 0 Å². The van der Waals surface area contributed by atoms with E-state index < -0.39 is 0 Å². The average molecular weight is 369 g/mol. The van der Waals surface area contributed by atoms with Gasteiger partial charge in [0.05, 0.1) is 19.8 Å². The number of nitrogens with one attached hydrogen (secondary N) is 1. The molecule has 0 saturated heterocycles. The Labute approximate surface area is 160 Å². The van der Waals surface area contributed by atoms with Gasteiger partial charge in [-0.2, -0.15) is 0 Å². The molecular weight excluding hydrogens is 342 g/mol. The molecule has 3 rings (SSSR count). The first-order valence-corrected chi connectivity index (χ1v) is 9.32. The van der Waals surface area contributed by atoms with Crippen LogP contribution >= 0.6 is 0 Å². The molecular formula is C22H27NO4. The van der Waals surface area contributed by atoms with E-state index in [0.717, 1.165) is 29.2 Å². The lowest BCUT2D eigenvalue weighted by molar-refractivity contribution is 0.0617. The molecule has 27 heavy (non-hydrogen) atoms. The van der Waals surface area contributed by atoms with E-state index in [2.05, 4.69) is 12.2 Å². The highest BCUT2D eigenvalue weighted by Crippen LogP contribution is 2.41. The Bertz CT molecular complexity index is 798. The van der Waals surface area contributed by atoms with Crippen LogP contribution in [0.15, 0.2) is 42.5 Å². The van der Waals surface area contributed by atoms with Crippen LogP contribution in [-0.4, -0.2) is 25.2 Å². The first kappa shape index (κ1) is 19.1. The van der Waals surface area contributed by atoms with Crippen molar-refractivity contribution in [1.82, 2.24) is 5.32 Å². The van der Waals surface area contributed by atoms with E-state index in [9.17, 15) is 4.79 Å². The number of hydrogen-bond acceptors (Lipinski definition) is 4. The van der Waals surface area contributed by atoms with E-state index in [1.54, 1.807) is 19.2 Å². The molecule has 1 heterocycles. The summed E-state index contributed by atoms with van der Waals surface area (Å²) in [5.74, 6) is 2.15. The fourth-order valence-electron chi connectivity index (χ4n) is 3.25. The van der Waals surface area contributed by atoms with Crippen LogP contribution in [-0.2, 0) is 0 Å². The standard InChI is InChI=1S/C22H27NO4/c1-5-12-26-16-8-6-15(7-9-16)21(24)23-19-14-22(2,3)27-20-13-17(25-4)10-11-18(19)20/h6-11,13,19H,5,12,14H2,1-4H3,(H,23,24)/t19-/m1/s1. The Morgan fingerprint density at radius 3 is 2.56 bits per heavy atom. The normalized spacial score (nSPS) is 17.4. The molecule has 2 aromatic rings. The number of hydrogen-bond donors (Lipinski definition) is 1. The fraction of sp³-hybridized carbons (Fsp3) is 0.409. The van der Waals surface area contributed by atoms with Gasteiger partial charge in [-0.1, -0.05) is 6.92 Å². The van der Waals surface area contributed by atoms with Crippen molar-refractivity contribution in [3.05, 3.63) is 53.6 Å². The quantitative estimate of drug-likeness (QED) is 0.814. The first-order chi connectivity index (χ1) is 12.9. The van der Waals surface area contributed by atoms with Gasteiger partial charge in [0.2, 0.25) is 0 Å². The number of amides is 1. The largest absolute Gasteiger partial charge is 0.497 e. The summed E-state index contributed by atoms with van der Waals surface area (Å²) in [6, 6.07) is 12.8. The number of methoxy groups -OCH3 is 1. The third-order valence-electron chi connectivity index (χ3n) is 4.57. The van der Waals surface area contributed by atoms with Crippen LogP contribution in [0.1, 0.15) is 55.6 Å². The van der Waals surface area contributed by atoms with Crippen LogP contribution in [0.3, 0.4) is 0 Å². The van der Waals surface area contributed by atoms with Gasteiger partial charge < -0.3 is 19.5 Å². The lowest BCUT2D eigenvalue weighted by Gasteiger charge is -2.38. The number of ether oxygens (including phenoxy) is 3. The molecule has 1 amide bonds. The molecule has 1 aliphatic rings. The van der Waals surface area contributed by atoms with Gasteiger partial charge >= 0.3 is 0 Å². The van der Waals surface area contributed by atoms with E-state index in [1.807, 2.05) is 44.2 Å². The topological polar surface area (TPSA) is 56.8 Å². The van der Waals surface area contributed by atoms with Gasteiger partial charge in [-0.05, 0) is 56.7 Å². The lowest BCUT2D eigenvalue weighted by Crippen LogP contribution is -2.41. The van der Waals surface area contributed by atoms with E-state index in [-0.39, 0.29) is 17.6 Å². The molecule has 0 unspecified atom stereocenters. The Morgan fingerprint density at radius 1 is 1.19 bits per heavy atom. The molecule has 0 spiro atoms. The van der Waals surface area contributed by atoms with E-state index in [0.29, 0.717) is 18.6 Å². The SMILES string of the molecule is CCCOc1ccc(C(=O)N[C@@H]2CC(C)(C)Oc3cc(OC)ccc32)cc1. The van der Waals surface area contributed by atoms with Gasteiger partial charge in [0.15, 0.2) is 0 Å². The maximum absolute atomic E-state index is 12.8. The number of carbonyl (C=O) groups is 1. The second-order valence-electron chi connectivity index (χ2n) is 7.37. The molecule has 0 saturated carbocycles.